The number of rotatable bonds is 12. The molecule has 0 saturated heterocycles. The van der Waals surface area contributed by atoms with Crippen molar-refractivity contribution in [1.82, 2.24) is 19.4 Å². The average molecular weight is 600 g/mol. The monoisotopic (exact) mass is 599 g/mol. The molecule has 1 amide bonds. The lowest BCUT2D eigenvalue weighted by Gasteiger charge is -2.28. The highest BCUT2D eigenvalue weighted by Crippen LogP contribution is 2.42. The molecule has 0 aliphatic heterocycles. The second-order valence-corrected chi connectivity index (χ2v) is 11.1. The summed E-state index contributed by atoms with van der Waals surface area (Å²) >= 11 is 0. The van der Waals surface area contributed by atoms with E-state index in [0.29, 0.717) is 29.4 Å². The van der Waals surface area contributed by atoms with Crippen LogP contribution in [0.4, 0.5) is 23.0 Å². The van der Waals surface area contributed by atoms with Crippen LogP contribution in [0.25, 0.3) is 22.2 Å². The van der Waals surface area contributed by atoms with Gasteiger partial charge in [-0.3, -0.25) is 4.79 Å². The number of hydrogen-bond acceptors (Lipinski definition) is 9. The molecule has 0 atom stereocenters. The first-order valence-corrected chi connectivity index (χ1v) is 14.3. The predicted molar refractivity (Wildman–Crippen MR) is 176 cm³/mol. The summed E-state index contributed by atoms with van der Waals surface area (Å²) in [6.07, 6.45) is 4.33. The molecule has 2 N–H and O–H groups in total. The summed E-state index contributed by atoms with van der Waals surface area (Å²) in [6.45, 7) is 10.7. The number of benzene rings is 2. The number of carbonyl (C=O) groups excluding carboxylic acids is 2. The van der Waals surface area contributed by atoms with Crippen LogP contribution in [0.2, 0.25) is 0 Å². The van der Waals surface area contributed by atoms with Crippen molar-refractivity contribution in [3.8, 4) is 17.0 Å². The molecule has 44 heavy (non-hydrogen) atoms. The van der Waals surface area contributed by atoms with E-state index < -0.39 is 5.97 Å². The number of aromatic nitrogens is 3. The number of nitrogens with one attached hydrogen (secondary N) is 2. The number of amides is 1. The van der Waals surface area contributed by atoms with Crippen LogP contribution >= 0.6 is 0 Å². The molecule has 0 saturated carbocycles. The van der Waals surface area contributed by atoms with E-state index in [9.17, 15) is 9.59 Å². The summed E-state index contributed by atoms with van der Waals surface area (Å²) < 4.78 is 13.4. The Hall–Kier alpha value is -4.90. The fraction of sp³-hybridized carbons (Fsp3) is 0.333. The maximum atomic E-state index is 13.2. The zero-order valence-corrected chi connectivity index (χ0v) is 26.7. The van der Waals surface area contributed by atoms with Crippen molar-refractivity contribution in [3.63, 3.8) is 0 Å². The van der Waals surface area contributed by atoms with E-state index in [2.05, 4.69) is 32.0 Å². The number of ether oxygens (including phenoxy) is 2. The topological polar surface area (TPSA) is 114 Å². The van der Waals surface area contributed by atoms with E-state index >= 15 is 0 Å². The van der Waals surface area contributed by atoms with Gasteiger partial charge in [-0.05, 0) is 53.1 Å². The Morgan fingerprint density at radius 3 is 2.52 bits per heavy atom. The molecule has 0 unspecified atom stereocenters. The fourth-order valence-corrected chi connectivity index (χ4v) is 5.10. The molecule has 2 aromatic heterocycles. The predicted octanol–water partition coefficient (Wildman–Crippen LogP) is 5.38. The number of esters is 1. The molecule has 11 heteroatoms. The third-order valence-electron chi connectivity index (χ3n) is 7.15. The molecule has 0 aliphatic rings. The average Bonchev–Trinajstić information content (AvgIpc) is 3.31. The zero-order valence-electron chi connectivity index (χ0n) is 26.7. The van der Waals surface area contributed by atoms with Crippen LogP contribution in [0.5, 0.6) is 5.75 Å². The molecular weight excluding hydrogens is 558 g/mol. The SMILES string of the molecule is C=CC(=O)Nc1cc(Nc2ncc(C(=O)OC(C)C)c(-c3cn(C)c4ccccc34)n2)c(OC)c(C)c1N(C)CCN(C)C. The summed E-state index contributed by atoms with van der Waals surface area (Å²) in [7, 11) is 9.52. The van der Waals surface area contributed by atoms with Gasteiger partial charge in [0.2, 0.25) is 11.9 Å². The quantitative estimate of drug-likeness (QED) is 0.164. The van der Waals surface area contributed by atoms with E-state index in [0.717, 1.165) is 34.3 Å². The van der Waals surface area contributed by atoms with Crippen molar-refractivity contribution in [3.05, 3.63) is 66.5 Å². The minimum atomic E-state index is -0.512. The second kappa shape index (κ2) is 13.6. The minimum absolute atomic E-state index is 0.237. The number of aryl methyl sites for hydroxylation is 1. The number of fused-ring (bicyclic) bond motifs is 1. The van der Waals surface area contributed by atoms with Gasteiger partial charge in [0.05, 0.1) is 36.0 Å². The summed E-state index contributed by atoms with van der Waals surface area (Å²) in [4.78, 5) is 39.1. The van der Waals surface area contributed by atoms with Gasteiger partial charge in [0, 0.05) is 61.6 Å². The van der Waals surface area contributed by atoms with Crippen LogP contribution in [0.3, 0.4) is 0 Å². The Balaban J connectivity index is 1.86. The largest absolute Gasteiger partial charge is 0.494 e. The van der Waals surface area contributed by atoms with Crippen molar-refractivity contribution in [2.45, 2.75) is 26.9 Å². The fourth-order valence-electron chi connectivity index (χ4n) is 5.10. The number of methoxy groups -OCH3 is 1. The van der Waals surface area contributed by atoms with Gasteiger partial charge < -0.3 is 34.5 Å². The zero-order chi connectivity index (χ0) is 32.1. The first kappa shape index (κ1) is 32.0. The number of hydrogen-bond donors (Lipinski definition) is 2. The standard InChI is InChI=1S/C33H41N7O4/c1-10-28(41)35-25-17-26(31(43-9)21(4)30(25)39(7)16-15-38(5)6)36-33-34-18-23(32(42)44-20(2)3)29(37-33)24-19-40(8)27-14-12-11-13-22(24)27/h10-14,17-20H,1,15-16H2,2-9H3,(H,35,41)(H,34,36,37). The van der Waals surface area contributed by atoms with Gasteiger partial charge in [0.15, 0.2) is 0 Å². The molecule has 232 valence electrons. The van der Waals surface area contributed by atoms with Crippen LogP contribution in [0.15, 0.2) is 55.4 Å². The highest BCUT2D eigenvalue weighted by molar-refractivity contribution is 6.04. The Morgan fingerprint density at radius 2 is 1.86 bits per heavy atom. The second-order valence-electron chi connectivity index (χ2n) is 11.1. The van der Waals surface area contributed by atoms with Gasteiger partial charge in [0.25, 0.3) is 0 Å². The van der Waals surface area contributed by atoms with E-state index in [1.165, 1.54) is 12.3 Å². The van der Waals surface area contributed by atoms with Crippen molar-refractivity contribution in [2.75, 3.05) is 56.9 Å². The number of anilines is 4. The first-order valence-electron chi connectivity index (χ1n) is 14.3. The van der Waals surface area contributed by atoms with Crippen LogP contribution in [-0.4, -0.2) is 78.8 Å². The Morgan fingerprint density at radius 1 is 1.14 bits per heavy atom. The molecule has 0 fully saturated rings. The molecule has 0 bridgehead atoms. The maximum absolute atomic E-state index is 13.2. The number of nitrogens with zero attached hydrogens (tertiary/aromatic N) is 5. The molecular formula is C33H41N7O4. The molecule has 4 aromatic rings. The Bertz CT molecular complexity index is 1690. The van der Waals surface area contributed by atoms with E-state index in [1.54, 1.807) is 27.0 Å². The van der Waals surface area contributed by atoms with Crippen molar-refractivity contribution in [1.29, 1.82) is 0 Å². The summed E-state index contributed by atoms with van der Waals surface area (Å²) in [5, 5.41) is 7.15. The van der Waals surface area contributed by atoms with Crippen LogP contribution in [0, 0.1) is 6.92 Å². The maximum Gasteiger partial charge on any atom is 0.342 e. The van der Waals surface area contributed by atoms with Gasteiger partial charge >= 0.3 is 5.97 Å². The highest BCUT2D eigenvalue weighted by Gasteiger charge is 2.24. The summed E-state index contributed by atoms with van der Waals surface area (Å²) in [6, 6.07) is 9.70. The summed E-state index contributed by atoms with van der Waals surface area (Å²) in [5.41, 5.74) is 5.18. The van der Waals surface area contributed by atoms with Crippen LogP contribution in [-0.2, 0) is 16.6 Å². The Kier molecular flexibility index (Phi) is 9.90. The lowest BCUT2D eigenvalue weighted by Crippen LogP contribution is -2.30. The van der Waals surface area contributed by atoms with E-state index in [-0.39, 0.29) is 23.5 Å². The van der Waals surface area contributed by atoms with Crippen LogP contribution in [0.1, 0.15) is 29.8 Å². The minimum Gasteiger partial charge on any atom is -0.494 e. The summed E-state index contributed by atoms with van der Waals surface area (Å²) in [5.74, 6) is -0.0546. The lowest BCUT2D eigenvalue weighted by atomic mass is 10.1. The molecule has 11 nitrogen and oxygen atoms in total. The van der Waals surface area contributed by atoms with Gasteiger partial charge in [0.1, 0.15) is 11.3 Å². The van der Waals surface area contributed by atoms with E-state index in [4.69, 9.17) is 14.5 Å². The molecule has 2 aromatic carbocycles. The van der Waals surface area contributed by atoms with Crippen molar-refractivity contribution >= 4 is 45.8 Å². The molecule has 2 heterocycles. The number of para-hydroxylation sites is 1. The van der Waals surface area contributed by atoms with Gasteiger partial charge in [-0.15, -0.1) is 0 Å². The van der Waals surface area contributed by atoms with Gasteiger partial charge in [-0.1, -0.05) is 24.8 Å². The van der Waals surface area contributed by atoms with E-state index in [1.807, 2.05) is 70.1 Å². The molecule has 0 spiro atoms. The third kappa shape index (κ3) is 6.84. The van der Waals surface area contributed by atoms with Crippen LogP contribution < -0.4 is 20.3 Å². The van der Waals surface area contributed by atoms with Gasteiger partial charge in [-0.2, -0.15) is 0 Å². The van der Waals surface area contributed by atoms with Crippen molar-refractivity contribution in [2.24, 2.45) is 7.05 Å². The lowest BCUT2D eigenvalue weighted by molar-refractivity contribution is -0.111. The molecule has 4 rings (SSSR count). The normalized spacial score (nSPS) is 11.1. The number of likely N-dealkylation sites (N-methyl/N-ethyl adjacent to an activating group) is 2. The Labute approximate surface area is 258 Å². The molecule has 0 radical (unpaired) electrons. The number of carbonyl (C=O) groups is 2. The third-order valence-corrected chi connectivity index (χ3v) is 7.15. The first-order chi connectivity index (χ1) is 20.9. The van der Waals surface area contributed by atoms with Gasteiger partial charge in [-0.25, -0.2) is 14.8 Å². The smallest absolute Gasteiger partial charge is 0.342 e. The molecule has 0 aliphatic carbocycles. The highest BCUT2D eigenvalue weighted by atomic mass is 16.5. The van der Waals surface area contributed by atoms with Crippen molar-refractivity contribution < 1.29 is 19.1 Å².